The minimum atomic E-state index is -4.03. The molecule has 1 saturated carbocycles. The fraction of sp³-hybridized carbons (Fsp3) is 0.818. The second-order valence-electron chi connectivity index (χ2n) is 4.87. The van der Waals surface area contributed by atoms with E-state index in [0.29, 0.717) is 19.3 Å². The molecular weight excluding hydrogens is 276 g/mol. The van der Waals surface area contributed by atoms with Crippen molar-refractivity contribution >= 4 is 22.1 Å². The third-order valence-electron chi connectivity index (χ3n) is 3.57. The lowest BCUT2D eigenvalue weighted by Crippen LogP contribution is -2.33. The molecule has 1 heterocycles. The fourth-order valence-corrected chi connectivity index (χ4v) is 3.29. The molecule has 0 amide bonds. The summed E-state index contributed by atoms with van der Waals surface area (Å²) in [5.74, 6) is -1.43. The fourth-order valence-electron chi connectivity index (χ4n) is 2.42. The van der Waals surface area contributed by atoms with Gasteiger partial charge in [0.15, 0.2) is 0 Å². The van der Waals surface area contributed by atoms with Gasteiger partial charge in [-0.25, -0.2) is 4.79 Å². The molecule has 1 N–H and O–H groups in total. The Hall–Kier alpha value is -1.15. The van der Waals surface area contributed by atoms with E-state index in [0.717, 1.165) is 0 Å². The average Bonchev–Trinajstić information content (AvgIpc) is 2.74. The number of esters is 2. The van der Waals surface area contributed by atoms with Gasteiger partial charge in [0.1, 0.15) is 0 Å². The largest absolute Gasteiger partial charge is 0.463 e. The molecule has 7 nitrogen and oxygen atoms in total. The molecule has 1 atom stereocenters. The summed E-state index contributed by atoms with van der Waals surface area (Å²) in [6, 6.07) is 0. The lowest BCUT2D eigenvalue weighted by Gasteiger charge is -2.25. The van der Waals surface area contributed by atoms with Gasteiger partial charge in [-0.3, -0.25) is 9.35 Å². The number of carbonyl (C=O) groups is 2. The zero-order chi connectivity index (χ0) is 14.0. The van der Waals surface area contributed by atoms with Crippen molar-refractivity contribution in [1.29, 1.82) is 0 Å². The summed E-state index contributed by atoms with van der Waals surface area (Å²) in [6.07, 6.45) is 0.675. The van der Waals surface area contributed by atoms with Crippen LogP contribution in [0.3, 0.4) is 0 Å². The van der Waals surface area contributed by atoms with Gasteiger partial charge in [0, 0.05) is 6.42 Å². The van der Waals surface area contributed by atoms with Crippen LogP contribution in [-0.2, 0) is 29.2 Å². The quantitative estimate of drug-likeness (QED) is 0.588. The molecule has 0 aromatic carbocycles. The van der Waals surface area contributed by atoms with E-state index >= 15 is 0 Å². The Morgan fingerprint density at radius 3 is 2.32 bits per heavy atom. The van der Waals surface area contributed by atoms with E-state index < -0.39 is 39.3 Å². The van der Waals surface area contributed by atoms with Crippen molar-refractivity contribution in [2.24, 2.45) is 5.92 Å². The summed E-state index contributed by atoms with van der Waals surface area (Å²) >= 11 is 0. The predicted molar refractivity (Wildman–Crippen MR) is 62.8 cm³/mol. The molecule has 8 heteroatoms. The molecule has 1 unspecified atom stereocenters. The molecule has 1 aliphatic heterocycles. The molecule has 108 valence electrons. The van der Waals surface area contributed by atoms with Crippen LogP contribution in [0.1, 0.15) is 32.1 Å². The van der Waals surface area contributed by atoms with Gasteiger partial charge in [-0.15, -0.1) is 0 Å². The standard InChI is InChI=1S/C11H16O7S/c12-10(18-9-5-6-17-11(9)13)7-1-3-8(4-2-7)19(14,15)16/h7-9H,1-6H2,(H,14,15,16). The predicted octanol–water partition coefficient (Wildman–Crippen LogP) is 0.292. The highest BCUT2D eigenvalue weighted by molar-refractivity contribution is 7.86. The SMILES string of the molecule is O=C(OC1CCOC1=O)C1CCC(S(=O)(=O)O)CC1. The second-order valence-corrected chi connectivity index (χ2v) is 6.57. The van der Waals surface area contributed by atoms with Crippen LogP contribution in [0.15, 0.2) is 0 Å². The molecule has 0 aromatic rings. The van der Waals surface area contributed by atoms with Crippen LogP contribution in [0.2, 0.25) is 0 Å². The minimum Gasteiger partial charge on any atom is -0.463 e. The van der Waals surface area contributed by atoms with Gasteiger partial charge in [-0.05, 0) is 25.7 Å². The summed E-state index contributed by atoms with van der Waals surface area (Å²) in [5, 5.41) is -0.798. The van der Waals surface area contributed by atoms with Crippen LogP contribution in [0, 0.1) is 5.92 Å². The van der Waals surface area contributed by atoms with E-state index in [1.807, 2.05) is 0 Å². The summed E-state index contributed by atoms with van der Waals surface area (Å²) < 4.78 is 40.6. The first-order chi connectivity index (χ1) is 8.88. The van der Waals surface area contributed by atoms with Gasteiger partial charge in [-0.1, -0.05) is 0 Å². The lowest BCUT2D eigenvalue weighted by molar-refractivity contribution is -0.164. The van der Waals surface area contributed by atoms with Crippen molar-refractivity contribution in [2.45, 2.75) is 43.5 Å². The van der Waals surface area contributed by atoms with E-state index in [1.54, 1.807) is 0 Å². The number of carbonyl (C=O) groups excluding carboxylic acids is 2. The number of hydrogen-bond donors (Lipinski definition) is 1. The Kier molecular flexibility index (Phi) is 4.10. The first kappa shape index (κ1) is 14.3. The van der Waals surface area contributed by atoms with Crippen LogP contribution in [0.5, 0.6) is 0 Å². The molecule has 2 fully saturated rings. The molecule has 0 spiro atoms. The van der Waals surface area contributed by atoms with Crippen molar-refractivity contribution in [3.63, 3.8) is 0 Å². The van der Waals surface area contributed by atoms with Crippen LogP contribution < -0.4 is 0 Å². The highest BCUT2D eigenvalue weighted by atomic mass is 32.2. The van der Waals surface area contributed by atoms with Crippen LogP contribution >= 0.6 is 0 Å². The van der Waals surface area contributed by atoms with Crippen LogP contribution in [0.25, 0.3) is 0 Å². The summed E-state index contributed by atoms with van der Waals surface area (Å²) in [6.45, 7) is 0.256. The molecule has 0 aromatic heterocycles. The lowest BCUT2D eigenvalue weighted by atomic mass is 9.89. The van der Waals surface area contributed by atoms with E-state index in [4.69, 9.17) is 9.29 Å². The Labute approximate surface area is 111 Å². The van der Waals surface area contributed by atoms with Gasteiger partial charge < -0.3 is 9.47 Å². The number of ether oxygens (including phenoxy) is 2. The molecular formula is C11H16O7S. The van der Waals surface area contributed by atoms with Gasteiger partial charge in [0.2, 0.25) is 6.10 Å². The zero-order valence-electron chi connectivity index (χ0n) is 10.3. The molecule has 1 aliphatic carbocycles. The molecule has 0 radical (unpaired) electrons. The van der Waals surface area contributed by atoms with E-state index in [2.05, 4.69) is 4.74 Å². The van der Waals surface area contributed by atoms with Gasteiger partial charge in [0.05, 0.1) is 17.8 Å². The smallest absolute Gasteiger partial charge is 0.347 e. The number of rotatable bonds is 3. The Bertz CT molecular complexity index is 461. The maximum atomic E-state index is 11.8. The van der Waals surface area contributed by atoms with Crippen molar-refractivity contribution in [3.05, 3.63) is 0 Å². The van der Waals surface area contributed by atoms with Gasteiger partial charge in [-0.2, -0.15) is 8.42 Å². The van der Waals surface area contributed by atoms with Crippen LogP contribution in [-0.4, -0.2) is 42.9 Å². The van der Waals surface area contributed by atoms with E-state index in [9.17, 15) is 18.0 Å². The third kappa shape index (κ3) is 3.44. The molecule has 0 bridgehead atoms. The van der Waals surface area contributed by atoms with Crippen LogP contribution in [0.4, 0.5) is 0 Å². The number of hydrogen-bond acceptors (Lipinski definition) is 6. The van der Waals surface area contributed by atoms with E-state index in [1.165, 1.54) is 0 Å². The Balaban J connectivity index is 1.84. The van der Waals surface area contributed by atoms with Crippen molar-refractivity contribution in [1.82, 2.24) is 0 Å². The third-order valence-corrected chi connectivity index (χ3v) is 4.89. The normalized spacial score (nSPS) is 31.8. The molecule has 1 saturated heterocycles. The highest BCUT2D eigenvalue weighted by Crippen LogP contribution is 2.29. The maximum Gasteiger partial charge on any atom is 0.347 e. The number of cyclic esters (lactones) is 1. The first-order valence-electron chi connectivity index (χ1n) is 6.21. The van der Waals surface area contributed by atoms with Crippen molar-refractivity contribution in [3.8, 4) is 0 Å². The first-order valence-corrected chi connectivity index (χ1v) is 7.71. The maximum absolute atomic E-state index is 11.8. The van der Waals surface area contributed by atoms with Crippen molar-refractivity contribution in [2.75, 3.05) is 6.61 Å². The Morgan fingerprint density at radius 2 is 1.84 bits per heavy atom. The molecule has 19 heavy (non-hydrogen) atoms. The topological polar surface area (TPSA) is 107 Å². The summed E-state index contributed by atoms with van der Waals surface area (Å²) in [4.78, 5) is 23.0. The highest BCUT2D eigenvalue weighted by Gasteiger charge is 2.36. The average molecular weight is 292 g/mol. The summed E-state index contributed by atoms with van der Waals surface area (Å²) in [7, 11) is -4.03. The zero-order valence-corrected chi connectivity index (χ0v) is 11.1. The molecule has 2 rings (SSSR count). The second kappa shape index (κ2) is 5.46. The summed E-state index contributed by atoms with van der Waals surface area (Å²) in [5.41, 5.74) is 0. The monoisotopic (exact) mass is 292 g/mol. The van der Waals surface area contributed by atoms with Crippen molar-refractivity contribution < 1.29 is 32.0 Å². The minimum absolute atomic E-state index is 0.230. The molecule has 2 aliphatic rings. The van der Waals surface area contributed by atoms with Gasteiger partial charge in [0.25, 0.3) is 10.1 Å². The Morgan fingerprint density at radius 1 is 1.21 bits per heavy atom. The van der Waals surface area contributed by atoms with E-state index in [-0.39, 0.29) is 19.4 Å². The van der Waals surface area contributed by atoms with Gasteiger partial charge >= 0.3 is 11.9 Å².